The Morgan fingerprint density at radius 3 is 3.03 bits per heavy atom. The van der Waals surface area contributed by atoms with E-state index >= 15 is 0 Å². The number of H-pyrrole nitrogens is 1. The summed E-state index contributed by atoms with van der Waals surface area (Å²) in [6.45, 7) is 5.07. The summed E-state index contributed by atoms with van der Waals surface area (Å²) < 4.78 is 35.1. The lowest BCUT2D eigenvalue weighted by Crippen LogP contribution is -2.37. The normalized spacial score (nSPS) is 16.7. The van der Waals surface area contributed by atoms with Crippen LogP contribution in [0.5, 0.6) is 0 Å². The van der Waals surface area contributed by atoms with E-state index in [1.165, 1.54) is 11.3 Å². The van der Waals surface area contributed by atoms with Gasteiger partial charge in [-0.15, -0.1) is 22.7 Å². The number of likely N-dealkylation sites (tertiary alicyclic amines) is 1. The number of para-hydroxylation sites is 1. The van der Waals surface area contributed by atoms with Gasteiger partial charge in [-0.2, -0.15) is 0 Å². The first-order valence-corrected chi connectivity index (χ1v) is 15.7. The number of anilines is 1. The quantitative estimate of drug-likeness (QED) is 0.215. The Morgan fingerprint density at radius 1 is 1.34 bits per heavy atom. The number of rotatable bonds is 11. The van der Waals surface area contributed by atoms with Crippen LogP contribution in [-0.4, -0.2) is 60.7 Å². The highest BCUT2D eigenvalue weighted by Crippen LogP contribution is 2.33. The summed E-state index contributed by atoms with van der Waals surface area (Å²) >= 11 is 2.75. The molecule has 1 fully saturated rings. The Morgan fingerprint density at radius 2 is 2.21 bits per heavy atom. The van der Waals surface area contributed by atoms with Crippen LogP contribution in [0.1, 0.15) is 30.2 Å². The summed E-state index contributed by atoms with van der Waals surface area (Å²) in [6.07, 6.45) is 3.97. The van der Waals surface area contributed by atoms with Crippen LogP contribution in [0.3, 0.4) is 0 Å². The van der Waals surface area contributed by atoms with Crippen molar-refractivity contribution >= 4 is 55.3 Å². The number of hydrogen-bond donors (Lipinski definition) is 3. The maximum atomic E-state index is 13.3. The summed E-state index contributed by atoms with van der Waals surface area (Å²) in [5, 5.41) is 12.8. The number of fused-ring (bicyclic) bond motifs is 1. The Kier molecular flexibility index (Phi) is 8.15. The van der Waals surface area contributed by atoms with E-state index in [1.807, 2.05) is 37.4 Å². The summed E-state index contributed by atoms with van der Waals surface area (Å²) in [5.74, 6) is -1.05. The first kappa shape index (κ1) is 26.8. The van der Waals surface area contributed by atoms with Gasteiger partial charge in [-0.3, -0.25) is 14.4 Å². The summed E-state index contributed by atoms with van der Waals surface area (Å²) in [5.41, 5.74) is 2.71. The van der Waals surface area contributed by atoms with Gasteiger partial charge in [0.2, 0.25) is 0 Å². The molecule has 5 rings (SSSR count). The number of hydrogen-bond acceptors (Lipinski definition) is 8. The third-order valence-electron chi connectivity index (χ3n) is 6.59. The number of carboxylic acids is 1. The summed E-state index contributed by atoms with van der Waals surface area (Å²) in [6, 6.07) is 9.30. The van der Waals surface area contributed by atoms with Crippen LogP contribution in [-0.2, 0) is 32.5 Å². The average molecular weight is 575 g/mol. The molecule has 12 heteroatoms. The molecule has 9 nitrogen and oxygen atoms in total. The molecule has 3 aromatic heterocycles. The number of benzene rings is 1. The zero-order chi connectivity index (χ0) is 26.7. The SMILES string of the molecule is CCOCCc1ccsc1S(=O)(=O)Nc1cccc2cc(-c3ncc(CN4CCCC(C(=O)O)C4)s3)[nH]c12. The Balaban J connectivity index is 1.34. The van der Waals surface area contributed by atoms with Crippen molar-refractivity contribution in [2.75, 3.05) is 31.0 Å². The molecule has 1 aliphatic heterocycles. The van der Waals surface area contributed by atoms with E-state index in [1.54, 1.807) is 22.8 Å². The van der Waals surface area contributed by atoms with Gasteiger partial charge in [0.15, 0.2) is 0 Å². The van der Waals surface area contributed by atoms with Crippen molar-refractivity contribution in [1.29, 1.82) is 0 Å². The van der Waals surface area contributed by atoms with Crippen molar-refractivity contribution in [3.05, 3.63) is 52.3 Å². The van der Waals surface area contributed by atoms with Crippen molar-refractivity contribution in [2.45, 2.75) is 36.9 Å². The van der Waals surface area contributed by atoms with Gasteiger partial charge in [0, 0.05) is 36.2 Å². The van der Waals surface area contributed by atoms with E-state index in [2.05, 4.69) is 19.6 Å². The summed E-state index contributed by atoms with van der Waals surface area (Å²) in [4.78, 5) is 22.6. The second kappa shape index (κ2) is 11.5. The van der Waals surface area contributed by atoms with Crippen molar-refractivity contribution < 1.29 is 23.1 Å². The van der Waals surface area contributed by atoms with Crippen LogP contribution < -0.4 is 4.72 Å². The molecular weight excluding hydrogens is 545 g/mol. The van der Waals surface area contributed by atoms with Gasteiger partial charge in [-0.25, -0.2) is 13.4 Å². The zero-order valence-corrected chi connectivity index (χ0v) is 23.4. The van der Waals surface area contributed by atoms with Crippen LogP contribution in [0.4, 0.5) is 5.69 Å². The van der Waals surface area contributed by atoms with E-state index in [-0.39, 0.29) is 5.92 Å². The fourth-order valence-electron chi connectivity index (χ4n) is 4.74. The molecule has 0 spiro atoms. The number of aromatic nitrogens is 2. The predicted molar refractivity (Wildman–Crippen MR) is 150 cm³/mol. The molecule has 0 aliphatic carbocycles. The Hall–Kier alpha value is -2.77. The molecule has 38 heavy (non-hydrogen) atoms. The fraction of sp³-hybridized carbons (Fsp3) is 0.385. The van der Waals surface area contributed by atoms with Gasteiger partial charge in [-0.05, 0) is 61.9 Å². The fourth-order valence-corrected chi connectivity index (χ4v) is 8.21. The molecule has 202 valence electrons. The second-order valence-corrected chi connectivity index (χ2v) is 13.2. The molecule has 4 heterocycles. The third kappa shape index (κ3) is 5.94. The molecule has 0 bridgehead atoms. The molecule has 0 saturated carbocycles. The number of nitrogens with one attached hydrogen (secondary N) is 2. The van der Waals surface area contributed by atoms with E-state index in [9.17, 15) is 18.3 Å². The van der Waals surface area contributed by atoms with Gasteiger partial charge >= 0.3 is 5.97 Å². The number of aliphatic carboxylic acids is 1. The standard InChI is InChI=1S/C26H30N4O5S3/c1-2-35-11-8-17-9-12-36-26(17)38(33,34)29-21-7-3-5-18-13-22(28-23(18)21)24-27-14-20(37-24)16-30-10-4-6-19(15-30)25(31)32/h3,5,7,9,12-14,19,28-29H,2,4,6,8,10-11,15-16H2,1H3,(H,31,32). The average Bonchev–Trinajstić information content (AvgIpc) is 3.64. The van der Waals surface area contributed by atoms with Crippen molar-refractivity contribution in [1.82, 2.24) is 14.9 Å². The van der Waals surface area contributed by atoms with E-state index < -0.39 is 16.0 Å². The number of thiophene rings is 1. The lowest BCUT2D eigenvalue weighted by atomic mass is 9.98. The number of aromatic amines is 1. The predicted octanol–water partition coefficient (Wildman–Crippen LogP) is 5.03. The van der Waals surface area contributed by atoms with Crippen molar-refractivity contribution in [3.8, 4) is 10.7 Å². The van der Waals surface area contributed by atoms with Gasteiger partial charge in [0.25, 0.3) is 10.0 Å². The molecular formula is C26H30N4O5S3. The molecule has 1 atom stereocenters. The second-order valence-electron chi connectivity index (χ2n) is 9.28. The van der Waals surface area contributed by atoms with Crippen molar-refractivity contribution in [3.63, 3.8) is 0 Å². The molecule has 1 unspecified atom stereocenters. The van der Waals surface area contributed by atoms with Gasteiger partial charge in [0.1, 0.15) is 9.22 Å². The molecule has 1 aliphatic rings. The minimum Gasteiger partial charge on any atom is -0.481 e. The molecule has 1 saturated heterocycles. The smallest absolute Gasteiger partial charge is 0.307 e. The number of ether oxygens (including phenoxy) is 1. The topological polar surface area (TPSA) is 125 Å². The Bertz CT molecular complexity index is 1520. The van der Waals surface area contributed by atoms with E-state index in [4.69, 9.17) is 4.74 Å². The minimum absolute atomic E-state index is 0.299. The molecule has 0 radical (unpaired) electrons. The van der Waals surface area contributed by atoms with Crippen LogP contribution in [0.2, 0.25) is 0 Å². The number of sulfonamides is 1. The first-order chi connectivity index (χ1) is 18.3. The van der Waals surface area contributed by atoms with Crippen molar-refractivity contribution in [2.24, 2.45) is 5.92 Å². The number of nitrogens with zero attached hydrogens (tertiary/aromatic N) is 2. The molecule has 3 N–H and O–H groups in total. The maximum absolute atomic E-state index is 13.3. The Labute approximate surface area is 229 Å². The van der Waals surface area contributed by atoms with Gasteiger partial charge in [0.05, 0.1) is 29.4 Å². The molecule has 4 aromatic rings. The molecule has 1 aromatic carbocycles. The number of piperidine rings is 1. The van der Waals surface area contributed by atoms with Crippen LogP contribution in [0, 0.1) is 5.92 Å². The van der Waals surface area contributed by atoms with Crippen LogP contribution >= 0.6 is 22.7 Å². The zero-order valence-electron chi connectivity index (χ0n) is 21.0. The highest BCUT2D eigenvalue weighted by Gasteiger charge is 2.26. The molecule has 0 amide bonds. The van der Waals surface area contributed by atoms with E-state index in [0.29, 0.717) is 48.1 Å². The first-order valence-electron chi connectivity index (χ1n) is 12.5. The lowest BCUT2D eigenvalue weighted by Gasteiger charge is -2.29. The lowest BCUT2D eigenvalue weighted by molar-refractivity contribution is -0.143. The minimum atomic E-state index is -3.77. The number of thiazole rings is 1. The van der Waals surface area contributed by atoms with E-state index in [0.717, 1.165) is 45.9 Å². The summed E-state index contributed by atoms with van der Waals surface area (Å²) in [7, 11) is -3.77. The largest absolute Gasteiger partial charge is 0.481 e. The maximum Gasteiger partial charge on any atom is 0.307 e. The highest BCUT2D eigenvalue weighted by atomic mass is 32.2. The number of carboxylic acid groups (broad SMARTS) is 1. The third-order valence-corrected chi connectivity index (χ3v) is 10.5. The highest BCUT2D eigenvalue weighted by molar-refractivity contribution is 7.94. The number of carbonyl (C=O) groups is 1. The van der Waals surface area contributed by atoms with Gasteiger partial charge < -0.3 is 14.8 Å². The van der Waals surface area contributed by atoms with Crippen LogP contribution in [0.15, 0.2) is 46.1 Å². The van der Waals surface area contributed by atoms with Crippen LogP contribution in [0.25, 0.3) is 21.6 Å². The van der Waals surface area contributed by atoms with Gasteiger partial charge in [-0.1, -0.05) is 12.1 Å². The monoisotopic (exact) mass is 574 g/mol.